The van der Waals surface area contributed by atoms with Crippen molar-refractivity contribution in [1.29, 1.82) is 5.26 Å². The molecule has 4 atom stereocenters. The van der Waals surface area contributed by atoms with Crippen molar-refractivity contribution in [3.8, 4) is 6.07 Å². The van der Waals surface area contributed by atoms with E-state index < -0.39 is 41.5 Å². The van der Waals surface area contributed by atoms with Gasteiger partial charge < -0.3 is 4.74 Å². The molecular formula is C24H21Cl2F3N2O3. The summed E-state index contributed by atoms with van der Waals surface area (Å²) < 4.78 is 42.6. The molecule has 0 amide bonds. The molecule has 2 aromatic carbocycles. The highest BCUT2D eigenvalue weighted by Gasteiger charge is 2.60. The van der Waals surface area contributed by atoms with Gasteiger partial charge in [-0.15, -0.1) is 0 Å². The van der Waals surface area contributed by atoms with Gasteiger partial charge in [0.2, 0.25) is 0 Å². The molecule has 0 aromatic heterocycles. The topological polar surface area (TPSA) is 79.2 Å². The molecule has 5 nitrogen and oxygen atoms in total. The molecule has 2 aromatic rings. The van der Waals surface area contributed by atoms with Gasteiger partial charge in [-0.25, -0.2) is 9.59 Å². The van der Waals surface area contributed by atoms with Gasteiger partial charge in [0.15, 0.2) is 0 Å². The van der Waals surface area contributed by atoms with E-state index in [1.165, 1.54) is 0 Å². The number of nitrogens with zero attached hydrogens (tertiary/aromatic N) is 1. The fourth-order valence-corrected chi connectivity index (χ4v) is 4.86. The number of nitriles is 1. The van der Waals surface area contributed by atoms with Gasteiger partial charge in [0, 0.05) is 22.0 Å². The molecule has 0 unspecified atom stereocenters. The number of nitrogens with one attached hydrogen (secondary N) is 1. The van der Waals surface area contributed by atoms with Crippen molar-refractivity contribution in [1.82, 2.24) is 5.32 Å². The van der Waals surface area contributed by atoms with Gasteiger partial charge in [-0.1, -0.05) is 61.3 Å². The van der Waals surface area contributed by atoms with E-state index in [-0.39, 0.29) is 5.92 Å². The SMILES string of the molecule is CC(C)C[C@@H]1N[C@@H](C(=O)OC(=O)C(F)(F)F)[C@H](c2cccc(Cl)c2)[C@@]1(C#N)c1ccc(Cl)cc1. The third-order valence-electron chi connectivity index (χ3n) is 5.85. The maximum Gasteiger partial charge on any atom is 0.491 e. The van der Waals surface area contributed by atoms with E-state index in [1.807, 2.05) is 13.8 Å². The van der Waals surface area contributed by atoms with E-state index in [4.69, 9.17) is 23.2 Å². The van der Waals surface area contributed by atoms with Crippen LogP contribution < -0.4 is 5.32 Å². The molecule has 0 spiro atoms. The molecule has 180 valence electrons. The van der Waals surface area contributed by atoms with Gasteiger partial charge in [-0.3, -0.25) is 5.32 Å². The Bertz CT molecular complexity index is 1120. The fraction of sp³-hybridized carbons (Fsp3) is 0.375. The zero-order chi connectivity index (χ0) is 25.3. The largest absolute Gasteiger partial charge is 0.491 e. The average Bonchev–Trinajstić information content (AvgIpc) is 3.08. The lowest BCUT2D eigenvalue weighted by molar-refractivity contribution is -0.202. The van der Waals surface area contributed by atoms with Crippen LogP contribution in [0.25, 0.3) is 0 Å². The van der Waals surface area contributed by atoms with Crippen LogP contribution in [-0.2, 0) is 19.7 Å². The van der Waals surface area contributed by atoms with Crippen LogP contribution in [0, 0.1) is 17.2 Å². The average molecular weight is 513 g/mol. The van der Waals surface area contributed by atoms with Crippen molar-refractivity contribution >= 4 is 35.1 Å². The Morgan fingerprint density at radius 1 is 1.15 bits per heavy atom. The van der Waals surface area contributed by atoms with E-state index in [1.54, 1.807) is 48.5 Å². The summed E-state index contributed by atoms with van der Waals surface area (Å²) in [6, 6.07) is 13.1. The van der Waals surface area contributed by atoms with Gasteiger partial charge in [0.1, 0.15) is 11.5 Å². The monoisotopic (exact) mass is 512 g/mol. The molecular weight excluding hydrogens is 492 g/mol. The summed E-state index contributed by atoms with van der Waals surface area (Å²) in [6.07, 6.45) is -4.94. The summed E-state index contributed by atoms with van der Waals surface area (Å²) in [5, 5.41) is 14.3. The normalized spacial score (nSPS) is 24.6. The van der Waals surface area contributed by atoms with E-state index in [9.17, 15) is 28.0 Å². The van der Waals surface area contributed by atoms with Crippen LogP contribution in [0.4, 0.5) is 13.2 Å². The molecule has 1 saturated heterocycles. The van der Waals surface area contributed by atoms with Gasteiger partial charge in [0.25, 0.3) is 0 Å². The Kier molecular flexibility index (Phi) is 7.61. The van der Waals surface area contributed by atoms with Gasteiger partial charge >= 0.3 is 18.1 Å². The number of rotatable bonds is 5. The first kappa shape index (κ1) is 26.0. The third-order valence-corrected chi connectivity index (χ3v) is 6.34. The summed E-state index contributed by atoms with van der Waals surface area (Å²) in [5.41, 5.74) is -0.464. The van der Waals surface area contributed by atoms with Crippen molar-refractivity contribution < 1.29 is 27.5 Å². The number of esters is 2. The standard InChI is InChI=1S/C24H21Cl2F3N2O3/c1-13(2)10-18-23(12-30,15-6-8-16(25)9-7-15)19(14-4-3-5-17(26)11-14)20(31-18)21(32)34-22(33)24(27,28)29/h3-9,11,13,18-20,31H,10H2,1-2H3/t18-,19-,20+,23-/m0/s1. The highest BCUT2D eigenvalue weighted by molar-refractivity contribution is 6.30. The first-order chi connectivity index (χ1) is 15.9. The third kappa shape index (κ3) is 5.07. The van der Waals surface area contributed by atoms with Gasteiger partial charge in [0.05, 0.1) is 6.07 Å². The van der Waals surface area contributed by atoms with Crippen LogP contribution >= 0.6 is 23.2 Å². The minimum atomic E-state index is -5.35. The van der Waals surface area contributed by atoms with Crippen LogP contribution in [0.5, 0.6) is 0 Å². The van der Waals surface area contributed by atoms with E-state index in [0.29, 0.717) is 27.6 Å². The second-order valence-electron chi connectivity index (χ2n) is 8.55. The summed E-state index contributed by atoms with van der Waals surface area (Å²) in [7, 11) is 0. The Labute approximate surface area is 204 Å². The van der Waals surface area contributed by atoms with Crippen molar-refractivity contribution in [2.24, 2.45) is 5.92 Å². The highest BCUT2D eigenvalue weighted by Crippen LogP contribution is 2.50. The Morgan fingerprint density at radius 3 is 2.32 bits per heavy atom. The molecule has 10 heteroatoms. The van der Waals surface area contributed by atoms with Crippen molar-refractivity contribution in [2.75, 3.05) is 0 Å². The summed E-state index contributed by atoms with van der Waals surface area (Å²) in [5.74, 6) is -5.00. The number of benzene rings is 2. The number of ether oxygens (including phenoxy) is 1. The lowest BCUT2D eigenvalue weighted by Gasteiger charge is -2.35. The summed E-state index contributed by atoms with van der Waals surface area (Å²) in [4.78, 5) is 24.4. The Balaban J connectivity index is 2.22. The first-order valence-electron chi connectivity index (χ1n) is 10.4. The molecule has 1 heterocycles. The van der Waals surface area contributed by atoms with E-state index in [0.717, 1.165) is 0 Å². The van der Waals surface area contributed by atoms with Gasteiger partial charge in [-0.2, -0.15) is 18.4 Å². The Hall–Kier alpha value is -2.60. The summed E-state index contributed by atoms with van der Waals surface area (Å²) >= 11 is 12.2. The molecule has 0 bridgehead atoms. The lowest BCUT2D eigenvalue weighted by atomic mass is 9.64. The molecule has 1 fully saturated rings. The quantitative estimate of drug-likeness (QED) is 0.419. The van der Waals surface area contributed by atoms with E-state index in [2.05, 4.69) is 16.1 Å². The molecule has 3 rings (SSSR count). The molecule has 1 aliphatic heterocycles. The van der Waals surface area contributed by atoms with Crippen LogP contribution in [-0.4, -0.2) is 30.2 Å². The number of alkyl halides is 3. The van der Waals surface area contributed by atoms with Crippen molar-refractivity contribution in [3.63, 3.8) is 0 Å². The second kappa shape index (κ2) is 9.95. The number of carbonyl (C=O) groups is 2. The van der Waals surface area contributed by atoms with Crippen LogP contribution in [0.2, 0.25) is 10.0 Å². The smallest absolute Gasteiger partial charge is 0.385 e. The van der Waals surface area contributed by atoms with Crippen molar-refractivity contribution in [3.05, 3.63) is 69.7 Å². The number of hydrogen-bond donors (Lipinski definition) is 1. The zero-order valence-corrected chi connectivity index (χ0v) is 19.7. The fourth-order valence-electron chi connectivity index (χ4n) is 4.54. The molecule has 0 radical (unpaired) electrons. The predicted octanol–water partition coefficient (Wildman–Crippen LogP) is 5.56. The predicted molar refractivity (Wildman–Crippen MR) is 120 cm³/mol. The van der Waals surface area contributed by atoms with Gasteiger partial charge in [-0.05, 0) is 47.7 Å². The van der Waals surface area contributed by atoms with E-state index >= 15 is 0 Å². The van der Waals surface area contributed by atoms with Crippen LogP contribution in [0.1, 0.15) is 37.3 Å². The molecule has 0 aliphatic carbocycles. The summed E-state index contributed by atoms with van der Waals surface area (Å²) in [6.45, 7) is 3.83. The Morgan fingerprint density at radius 2 is 1.79 bits per heavy atom. The zero-order valence-electron chi connectivity index (χ0n) is 18.2. The lowest BCUT2D eigenvalue weighted by Crippen LogP contribution is -2.43. The van der Waals surface area contributed by atoms with Crippen molar-refractivity contribution in [2.45, 2.75) is 49.9 Å². The first-order valence-corrected chi connectivity index (χ1v) is 11.2. The molecule has 34 heavy (non-hydrogen) atoms. The minimum absolute atomic E-state index is 0.0594. The molecule has 1 N–H and O–H groups in total. The number of carbonyl (C=O) groups excluding carboxylic acids is 2. The number of halogens is 5. The van der Waals surface area contributed by atoms with Crippen LogP contribution in [0.15, 0.2) is 48.5 Å². The number of hydrogen-bond acceptors (Lipinski definition) is 5. The second-order valence-corrected chi connectivity index (χ2v) is 9.43. The minimum Gasteiger partial charge on any atom is -0.385 e. The highest BCUT2D eigenvalue weighted by atomic mass is 35.5. The molecule has 1 aliphatic rings. The van der Waals surface area contributed by atoms with Crippen LogP contribution in [0.3, 0.4) is 0 Å². The maximum absolute atomic E-state index is 12.9. The molecule has 0 saturated carbocycles. The maximum atomic E-state index is 12.9.